The summed E-state index contributed by atoms with van der Waals surface area (Å²) in [5, 5.41) is 6.02. The number of ether oxygens (including phenoxy) is 3. The number of anilines is 1. The number of carbonyl (C=O) groups is 2. The topological polar surface area (TPSA) is 140 Å². The normalized spacial score (nSPS) is 21.0. The maximum Gasteiger partial charge on any atom is 0.253 e. The van der Waals surface area contributed by atoms with Crippen molar-refractivity contribution in [3.05, 3.63) is 76.7 Å². The van der Waals surface area contributed by atoms with Crippen molar-refractivity contribution in [2.75, 3.05) is 52.2 Å². The number of amides is 2. The fraction of sp³-hybridized carbons (Fsp3) is 0.333. The fourth-order valence-electron chi connectivity index (χ4n) is 4.50. The zero-order chi connectivity index (χ0) is 26.5. The Hall–Kier alpha value is -4.38. The van der Waals surface area contributed by atoms with Gasteiger partial charge in [-0.2, -0.15) is 0 Å². The van der Waals surface area contributed by atoms with Gasteiger partial charge in [0.1, 0.15) is 17.4 Å². The molecule has 3 aliphatic heterocycles. The molecule has 0 bridgehead atoms. The lowest BCUT2D eigenvalue weighted by molar-refractivity contribution is -0.131. The molecule has 0 spiro atoms. The number of morpholine rings is 1. The molecule has 4 heterocycles. The van der Waals surface area contributed by atoms with Crippen LogP contribution in [0, 0.1) is 5.92 Å². The Morgan fingerprint density at radius 3 is 2.87 bits per heavy atom. The van der Waals surface area contributed by atoms with E-state index in [9.17, 15) is 9.59 Å². The number of hydrogen-bond acceptors (Lipinski definition) is 9. The SMILES string of the molecule is COC1=C2OC(CNC(=O)C=Cc3ccc(N)nc3)=CC2CC(C2=NCC(C(=O)N3CCOCC3)=CN2)=C1. The van der Waals surface area contributed by atoms with Gasteiger partial charge < -0.3 is 35.5 Å². The number of nitrogens with one attached hydrogen (secondary N) is 2. The summed E-state index contributed by atoms with van der Waals surface area (Å²) in [6.07, 6.45) is 11.0. The van der Waals surface area contributed by atoms with Crippen LogP contribution in [0.1, 0.15) is 12.0 Å². The minimum absolute atomic E-state index is 0.0141. The summed E-state index contributed by atoms with van der Waals surface area (Å²) in [6, 6.07) is 3.46. The van der Waals surface area contributed by atoms with Crippen LogP contribution in [0.25, 0.3) is 6.08 Å². The molecule has 0 aromatic carbocycles. The molecule has 5 rings (SSSR count). The lowest BCUT2D eigenvalue weighted by atomic mass is 9.91. The van der Waals surface area contributed by atoms with E-state index in [0.717, 1.165) is 11.1 Å². The van der Waals surface area contributed by atoms with E-state index < -0.39 is 0 Å². The number of nitrogen functional groups attached to an aromatic ring is 1. The molecule has 1 saturated heterocycles. The molecule has 4 aliphatic rings. The fourth-order valence-corrected chi connectivity index (χ4v) is 4.50. The zero-order valence-corrected chi connectivity index (χ0v) is 21.1. The summed E-state index contributed by atoms with van der Waals surface area (Å²) in [4.78, 5) is 35.4. The largest absolute Gasteiger partial charge is 0.493 e. The van der Waals surface area contributed by atoms with Crippen molar-refractivity contribution in [1.82, 2.24) is 20.5 Å². The first-order valence-electron chi connectivity index (χ1n) is 12.4. The van der Waals surface area contributed by atoms with Gasteiger partial charge in [-0.25, -0.2) is 4.98 Å². The highest BCUT2D eigenvalue weighted by atomic mass is 16.5. The summed E-state index contributed by atoms with van der Waals surface area (Å²) >= 11 is 0. The maximum absolute atomic E-state index is 12.7. The van der Waals surface area contributed by atoms with Gasteiger partial charge in [-0.15, -0.1) is 0 Å². The predicted octanol–water partition coefficient (Wildman–Crippen LogP) is 1.26. The van der Waals surface area contributed by atoms with E-state index >= 15 is 0 Å². The van der Waals surface area contributed by atoms with Gasteiger partial charge >= 0.3 is 0 Å². The second kappa shape index (κ2) is 11.3. The average molecular weight is 519 g/mol. The second-order valence-electron chi connectivity index (χ2n) is 9.10. The van der Waals surface area contributed by atoms with Crippen LogP contribution < -0.4 is 16.4 Å². The standard InChI is InChI=1S/C27H30N6O5/c1-36-22-12-19(26-31-14-20(15-32-26)27(35)33-6-8-37-9-7-33)10-18-11-21(38-25(18)22)16-30-24(34)5-3-17-2-4-23(28)29-13-17/h2-5,11-14,18H,6-10,15-16H2,1H3,(H2,28,29)(H,30,34)(H,31,32). The van der Waals surface area contributed by atoms with Gasteiger partial charge in [0, 0.05) is 37.5 Å². The van der Waals surface area contributed by atoms with Crippen LogP contribution in [0.5, 0.6) is 0 Å². The van der Waals surface area contributed by atoms with E-state index in [2.05, 4.69) is 20.6 Å². The number of aliphatic imine (C=N–C) groups is 1. The predicted molar refractivity (Wildman–Crippen MR) is 141 cm³/mol. The first kappa shape index (κ1) is 25.3. The van der Waals surface area contributed by atoms with Gasteiger partial charge in [0.25, 0.3) is 5.91 Å². The molecular weight excluding hydrogens is 488 g/mol. The Bertz CT molecular complexity index is 1290. The Morgan fingerprint density at radius 1 is 1.32 bits per heavy atom. The van der Waals surface area contributed by atoms with Crippen molar-refractivity contribution in [1.29, 1.82) is 0 Å². The summed E-state index contributed by atoms with van der Waals surface area (Å²) in [5.41, 5.74) is 7.93. The van der Waals surface area contributed by atoms with Crippen molar-refractivity contribution < 1.29 is 23.8 Å². The number of carbonyl (C=O) groups excluding carboxylic acids is 2. The highest BCUT2D eigenvalue weighted by Crippen LogP contribution is 2.38. The molecule has 1 aromatic heterocycles. The number of aromatic nitrogens is 1. The molecule has 198 valence electrons. The van der Waals surface area contributed by atoms with Gasteiger partial charge in [-0.1, -0.05) is 0 Å². The minimum Gasteiger partial charge on any atom is -0.493 e. The molecule has 1 atom stereocenters. The molecule has 2 amide bonds. The zero-order valence-electron chi connectivity index (χ0n) is 21.1. The van der Waals surface area contributed by atoms with Crippen LogP contribution in [0.4, 0.5) is 5.82 Å². The first-order chi connectivity index (χ1) is 18.5. The Labute approximate surface area is 220 Å². The van der Waals surface area contributed by atoms with Crippen molar-refractivity contribution in [3.63, 3.8) is 0 Å². The number of hydrogen-bond donors (Lipinski definition) is 3. The second-order valence-corrected chi connectivity index (χ2v) is 9.10. The van der Waals surface area contributed by atoms with Crippen LogP contribution in [-0.2, 0) is 23.8 Å². The highest BCUT2D eigenvalue weighted by molar-refractivity contribution is 6.03. The number of allylic oxidation sites excluding steroid dienone is 2. The molecule has 4 N–H and O–H groups in total. The summed E-state index contributed by atoms with van der Waals surface area (Å²) in [5.74, 6) is 2.77. The summed E-state index contributed by atoms with van der Waals surface area (Å²) in [7, 11) is 1.59. The molecule has 11 nitrogen and oxygen atoms in total. The molecule has 1 unspecified atom stereocenters. The number of nitrogens with two attached hydrogens (primary N) is 1. The van der Waals surface area contributed by atoms with Crippen LogP contribution in [0.2, 0.25) is 0 Å². The lowest BCUT2D eigenvalue weighted by Gasteiger charge is -2.28. The molecular formula is C27H30N6O5. The Kier molecular flexibility index (Phi) is 7.55. The number of methoxy groups -OCH3 is 1. The molecule has 0 radical (unpaired) electrons. The Balaban J connectivity index is 1.17. The van der Waals surface area contributed by atoms with Crippen molar-refractivity contribution in [2.45, 2.75) is 6.42 Å². The summed E-state index contributed by atoms with van der Waals surface area (Å²) in [6.45, 7) is 2.85. The van der Waals surface area contributed by atoms with Crippen molar-refractivity contribution >= 4 is 29.5 Å². The lowest BCUT2D eigenvalue weighted by Crippen LogP contribution is -2.43. The maximum atomic E-state index is 12.7. The van der Waals surface area contributed by atoms with Crippen LogP contribution in [-0.4, -0.2) is 74.0 Å². The van der Waals surface area contributed by atoms with Gasteiger partial charge in [-0.05, 0) is 47.9 Å². The van der Waals surface area contributed by atoms with Gasteiger partial charge in [-0.3, -0.25) is 14.6 Å². The third-order valence-electron chi connectivity index (χ3n) is 6.51. The molecule has 0 saturated carbocycles. The van der Waals surface area contributed by atoms with E-state index in [1.54, 1.807) is 42.6 Å². The summed E-state index contributed by atoms with van der Waals surface area (Å²) < 4.78 is 16.9. The van der Waals surface area contributed by atoms with E-state index in [-0.39, 0.29) is 24.3 Å². The van der Waals surface area contributed by atoms with Gasteiger partial charge in [0.2, 0.25) is 5.91 Å². The van der Waals surface area contributed by atoms with E-state index in [0.29, 0.717) is 73.8 Å². The highest BCUT2D eigenvalue weighted by Gasteiger charge is 2.33. The number of fused-ring (bicyclic) bond motifs is 1. The van der Waals surface area contributed by atoms with Crippen molar-refractivity contribution in [3.8, 4) is 0 Å². The van der Waals surface area contributed by atoms with Crippen molar-refractivity contribution in [2.24, 2.45) is 10.9 Å². The molecule has 11 heteroatoms. The number of rotatable bonds is 7. The molecule has 38 heavy (non-hydrogen) atoms. The smallest absolute Gasteiger partial charge is 0.253 e. The van der Waals surface area contributed by atoms with Crippen LogP contribution >= 0.6 is 0 Å². The average Bonchev–Trinajstić information content (AvgIpc) is 3.38. The quantitative estimate of drug-likeness (QED) is 0.458. The van der Waals surface area contributed by atoms with E-state index in [4.69, 9.17) is 19.9 Å². The van der Waals surface area contributed by atoms with E-state index in [1.807, 2.05) is 12.2 Å². The monoisotopic (exact) mass is 518 g/mol. The number of pyridine rings is 1. The van der Waals surface area contributed by atoms with Gasteiger partial charge in [0.15, 0.2) is 11.5 Å². The minimum atomic E-state index is -0.254. The molecule has 1 fully saturated rings. The third-order valence-corrected chi connectivity index (χ3v) is 6.51. The first-order valence-corrected chi connectivity index (χ1v) is 12.4. The Morgan fingerprint density at radius 2 is 2.16 bits per heavy atom. The number of nitrogens with zero attached hydrogens (tertiary/aromatic N) is 3. The third kappa shape index (κ3) is 5.78. The molecule has 1 aromatic rings. The van der Waals surface area contributed by atoms with Crippen LogP contribution in [0.3, 0.4) is 0 Å². The number of amidine groups is 1. The van der Waals surface area contributed by atoms with Crippen LogP contribution in [0.15, 0.2) is 76.2 Å². The van der Waals surface area contributed by atoms with Gasteiger partial charge in [0.05, 0.1) is 39.0 Å². The van der Waals surface area contributed by atoms with E-state index in [1.165, 1.54) is 6.08 Å². The molecule has 1 aliphatic carbocycles.